The van der Waals surface area contributed by atoms with Crippen molar-refractivity contribution < 1.29 is 4.79 Å². The third kappa shape index (κ3) is 2.39. The first-order valence-electron chi connectivity index (χ1n) is 5.46. The Bertz CT molecular complexity index is 749. The van der Waals surface area contributed by atoms with Crippen molar-refractivity contribution in [1.29, 1.82) is 0 Å². The minimum Gasteiger partial charge on any atom is -0.397 e. The second-order valence-electron chi connectivity index (χ2n) is 3.95. The summed E-state index contributed by atoms with van der Waals surface area (Å²) in [5.41, 5.74) is 7.40. The van der Waals surface area contributed by atoms with E-state index < -0.39 is 0 Å². The van der Waals surface area contributed by atoms with Crippen molar-refractivity contribution in [2.75, 3.05) is 11.1 Å². The Morgan fingerprint density at radius 2 is 2.16 bits per heavy atom. The quantitative estimate of drug-likeness (QED) is 0.710. The monoisotopic (exact) mass is 352 g/mol. The number of hydrogen-bond donors (Lipinski definition) is 2. The molecule has 3 nitrogen and oxygen atoms in total. The highest BCUT2D eigenvalue weighted by Gasteiger charge is 2.16. The standard InChI is InChI=1S/C13H9BrN2OS2/c14-7-1-2-9-10(5-7)19-12(11(9)15)13(17)16-8-3-4-18-6-8/h1-6H,15H2,(H,16,17). The van der Waals surface area contributed by atoms with Gasteiger partial charge in [0.05, 0.1) is 11.4 Å². The lowest BCUT2D eigenvalue weighted by molar-refractivity contribution is 0.103. The number of fused-ring (bicyclic) bond motifs is 1. The van der Waals surface area contributed by atoms with E-state index in [-0.39, 0.29) is 5.91 Å². The van der Waals surface area contributed by atoms with E-state index in [0.29, 0.717) is 10.6 Å². The molecule has 0 aliphatic rings. The molecule has 3 rings (SSSR count). The first-order valence-corrected chi connectivity index (χ1v) is 8.01. The molecule has 0 bridgehead atoms. The van der Waals surface area contributed by atoms with Gasteiger partial charge in [0.15, 0.2) is 0 Å². The highest BCUT2D eigenvalue weighted by molar-refractivity contribution is 9.10. The zero-order valence-electron chi connectivity index (χ0n) is 9.64. The summed E-state index contributed by atoms with van der Waals surface area (Å²) in [5, 5.41) is 7.57. The Balaban J connectivity index is 2.00. The number of anilines is 2. The fourth-order valence-corrected chi connectivity index (χ4v) is 3.94. The summed E-state index contributed by atoms with van der Waals surface area (Å²) in [6.45, 7) is 0. The fraction of sp³-hybridized carbons (Fsp3) is 0. The van der Waals surface area contributed by atoms with Gasteiger partial charge < -0.3 is 11.1 Å². The van der Waals surface area contributed by atoms with Gasteiger partial charge in [0.25, 0.3) is 5.91 Å². The van der Waals surface area contributed by atoms with E-state index in [9.17, 15) is 4.79 Å². The third-order valence-electron chi connectivity index (χ3n) is 2.68. The number of nitrogens with one attached hydrogen (secondary N) is 1. The number of benzene rings is 1. The van der Waals surface area contributed by atoms with E-state index in [1.165, 1.54) is 22.7 Å². The van der Waals surface area contributed by atoms with Crippen molar-refractivity contribution in [3.63, 3.8) is 0 Å². The fourth-order valence-electron chi connectivity index (χ4n) is 1.78. The Morgan fingerprint density at radius 3 is 2.89 bits per heavy atom. The summed E-state index contributed by atoms with van der Waals surface area (Å²) in [6.07, 6.45) is 0. The van der Waals surface area contributed by atoms with E-state index in [2.05, 4.69) is 21.2 Å². The smallest absolute Gasteiger partial charge is 0.267 e. The normalized spacial score (nSPS) is 10.8. The van der Waals surface area contributed by atoms with Crippen molar-refractivity contribution in [3.8, 4) is 0 Å². The molecule has 0 atom stereocenters. The second-order valence-corrected chi connectivity index (χ2v) is 6.70. The lowest BCUT2D eigenvalue weighted by atomic mass is 10.2. The van der Waals surface area contributed by atoms with Gasteiger partial charge in [-0.25, -0.2) is 0 Å². The van der Waals surface area contributed by atoms with Crippen LogP contribution in [0.4, 0.5) is 11.4 Å². The van der Waals surface area contributed by atoms with Crippen LogP contribution in [-0.2, 0) is 0 Å². The molecule has 0 radical (unpaired) electrons. The minimum atomic E-state index is -0.159. The number of hydrogen-bond acceptors (Lipinski definition) is 4. The largest absolute Gasteiger partial charge is 0.397 e. The summed E-state index contributed by atoms with van der Waals surface area (Å²) in [5.74, 6) is -0.159. The molecule has 0 unspecified atom stereocenters. The van der Waals surface area contributed by atoms with E-state index in [1.54, 1.807) is 0 Å². The van der Waals surface area contributed by atoms with Gasteiger partial charge in [-0.05, 0) is 23.6 Å². The summed E-state index contributed by atoms with van der Waals surface area (Å²) >= 11 is 6.36. The highest BCUT2D eigenvalue weighted by Crippen LogP contribution is 2.35. The Hall–Kier alpha value is -1.37. The predicted molar refractivity (Wildman–Crippen MR) is 86.2 cm³/mol. The van der Waals surface area contributed by atoms with Crippen LogP contribution in [0.5, 0.6) is 0 Å². The second kappa shape index (κ2) is 4.96. The molecule has 1 aromatic carbocycles. The molecule has 0 saturated heterocycles. The number of halogens is 1. The number of carbonyl (C=O) groups is 1. The topological polar surface area (TPSA) is 55.1 Å². The average Bonchev–Trinajstić information content (AvgIpc) is 2.97. The maximum absolute atomic E-state index is 12.2. The molecule has 96 valence electrons. The molecule has 1 amide bonds. The van der Waals surface area contributed by atoms with Crippen LogP contribution in [0.3, 0.4) is 0 Å². The molecule has 2 heterocycles. The average molecular weight is 353 g/mol. The number of rotatable bonds is 2. The zero-order valence-corrected chi connectivity index (χ0v) is 12.9. The van der Waals surface area contributed by atoms with Gasteiger partial charge in [-0.3, -0.25) is 4.79 Å². The van der Waals surface area contributed by atoms with Crippen LogP contribution < -0.4 is 11.1 Å². The zero-order chi connectivity index (χ0) is 13.4. The van der Waals surface area contributed by atoms with Crippen molar-refractivity contribution in [3.05, 3.63) is 44.4 Å². The molecule has 0 saturated carbocycles. The van der Waals surface area contributed by atoms with Gasteiger partial charge in [0.2, 0.25) is 0 Å². The molecule has 6 heteroatoms. The Labute approximate surface area is 126 Å². The number of amides is 1. The molecule has 19 heavy (non-hydrogen) atoms. The molecule has 0 fully saturated rings. The molecule has 0 aliphatic carbocycles. The molecular formula is C13H9BrN2OS2. The molecule has 0 aliphatic heterocycles. The maximum Gasteiger partial charge on any atom is 0.267 e. The van der Waals surface area contributed by atoms with Gasteiger partial charge in [-0.1, -0.05) is 22.0 Å². The summed E-state index contributed by atoms with van der Waals surface area (Å²) in [4.78, 5) is 12.8. The first kappa shape index (κ1) is 12.7. The number of nitrogen functional groups attached to an aromatic ring is 1. The maximum atomic E-state index is 12.2. The Kier molecular flexibility index (Phi) is 3.30. The van der Waals surface area contributed by atoms with Crippen LogP contribution in [0.1, 0.15) is 9.67 Å². The molecule has 0 spiro atoms. The summed E-state index contributed by atoms with van der Waals surface area (Å²) in [6, 6.07) is 7.68. The van der Waals surface area contributed by atoms with Crippen LogP contribution >= 0.6 is 38.6 Å². The van der Waals surface area contributed by atoms with Crippen molar-refractivity contribution in [2.45, 2.75) is 0 Å². The minimum absolute atomic E-state index is 0.159. The predicted octanol–water partition coefficient (Wildman–Crippen LogP) is 4.56. The highest BCUT2D eigenvalue weighted by atomic mass is 79.9. The SMILES string of the molecule is Nc1c(C(=O)Nc2ccsc2)sc2cc(Br)ccc12. The molecule has 3 aromatic rings. The van der Waals surface area contributed by atoms with Crippen LogP contribution in [0.2, 0.25) is 0 Å². The molecule has 2 aromatic heterocycles. The molecule has 3 N–H and O–H groups in total. The lowest BCUT2D eigenvalue weighted by Gasteiger charge is -2.01. The lowest BCUT2D eigenvalue weighted by Crippen LogP contribution is -2.11. The number of thiophene rings is 2. The van der Waals surface area contributed by atoms with Gasteiger partial charge in [0.1, 0.15) is 4.88 Å². The number of carbonyl (C=O) groups excluding carboxylic acids is 1. The van der Waals surface area contributed by atoms with Crippen molar-refractivity contribution in [1.82, 2.24) is 0 Å². The van der Waals surface area contributed by atoms with Gasteiger partial charge in [-0.15, -0.1) is 11.3 Å². The van der Waals surface area contributed by atoms with E-state index in [1.807, 2.05) is 35.0 Å². The van der Waals surface area contributed by atoms with E-state index in [4.69, 9.17) is 5.73 Å². The summed E-state index contributed by atoms with van der Waals surface area (Å²) in [7, 11) is 0. The van der Waals surface area contributed by atoms with Gasteiger partial charge in [0, 0.05) is 19.9 Å². The first-order chi connectivity index (χ1) is 9.15. The van der Waals surface area contributed by atoms with Gasteiger partial charge in [-0.2, -0.15) is 11.3 Å². The van der Waals surface area contributed by atoms with Gasteiger partial charge >= 0.3 is 0 Å². The summed E-state index contributed by atoms with van der Waals surface area (Å²) < 4.78 is 1.98. The third-order valence-corrected chi connectivity index (χ3v) is 5.02. The Morgan fingerprint density at radius 1 is 1.32 bits per heavy atom. The van der Waals surface area contributed by atoms with Crippen LogP contribution in [0.25, 0.3) is 10.1 Å². The number of nitrogens with two attached hydrogens (primary N) is 1. The van der Waals surface area contributed by atoms with E-state index >= 15 is 0 Å². The van der Waals surface area contributed by atoms with Crippen LogP contribution in [0.15, 0.2) is 39.5 Å². The van der Waals surface area contributed by atoms with Crippen LogP contribution in [-0.4, -0.2) is 5.91 Å². The van der Waals surface area contributed by atoms with Crippen molar-refractivity contribution >= 4 is 66.0 Å². The van der Waals surface area contributed by atoms with Crippen LogP contribution in [0, 0.1) is 0 Å². The molecular weight excluding hydrogens is 344 g/mol. The van der Waals surface area contributed by atoms with E-state index in [0.717, 1.165) is 20.2 Å². The van der Waals surface area contributed by atoms with Crippen molar-refractivity contribution in [2.24, 2.45) is 0 Å².